The average Bonchev–Trinajstić information content (AvgIpc) is 3.06. The maximum absolute atomic E-state index is 13.2. The van der Waals surface area contributed by atoms with Gasteiger partial charge in [-0.2, -0.15) is 0 Å². The Morgan fingerprint density at radius 1 is 1.14 bits per heavy atom. The summed E-state index contributed by atoms with van der Waals surface area (Å²) in [5.41, 5.74) is 0.0874. The number of carbonyl (C=O) groups is 4. The number of anilines is 2. The minimum absolute atomic E-state index is 0.143. The molecule has 0 saturated carbocycles. The molecule has 148 valence electrons. The van der Waals surface area contributed by atoms with Crippen LogP contribution < -0.4 is 15.5 Å². The fourth-order valence-electron chi connectivity index (χ4n) is 3.71. The van der Waals surface area contributed by atoms with E-state index in [1.54, 1.807) is 43.3 Å². The quantitative estimate of drug-likeness (QED) is 0.774. The second kappa shape index (κ2) is 7.05. The van der Waals surface area contributed by atoms with E-state index in [0.29, 0.717) is 22.5 Å². The van der Waals surface area contributed by atoms with Crippen molar-refractivity contribution >= 4 is 35.1 Å². The minimum Gasteiger partial charge on any atom is -0.462 e. The van der Waals surface area contributed by atoms with Crippen molar-refractivity contribution in [2.45, 2.75) is 25.4 Å². The van der Waals surface area contributed by atoms with Crippen molar-refractivity contribution in [2.24, 2.45) is 0 Å². The van der Waals surface area contributed by atoms with Crippen LogP contribution in [0.3, 0.4) is 0 Å². The summed E-state index contributed by atoms with van der Waals surface area (Å²) >= 11 is 0. The zero-order chi connectivity index (χ0) is 20.6. The van der Waals surface area contributed by atoms with Crippen LogP contribution in [-0.2, 0) is 14.3 Å². The fourth-order valence-corrected chi connectivity index (χ4v) is 3.71. The van der Waals surface area contributed by atoms with E-state index in [1.807, 2.05) is 0 Å². The molecule has 1 unspecified atom stereocenters. The molecule has 0 radical (unpaired) electrons. The number of para-hydroxylation sites is 1. The summed E-state index contributed by atoms with van der Waals surface area (Å²) in [5, 5.41) is 5.47. The lowest BCUT2D eigenvalue weighted by Crippen LogP contribution is -2.68. The van der Waals surface area contributed by atoms with Crippen LogP contribution in [0.4, 0.5) is 11.4 Å². The molecule has 0 spiro atoms. The molecule has 2 aliphatic heterocycles. The number of amides is 3. The summed E-state index contributed by atoms with van der Waals surface area (Å²) in [6, 6.07) is 12.9. The Morgan fingerprint density at radius 3 is 2.59 bits per heavy atom. The Kier molecular flexibility index (Phi) is 4.54. The van der Waals surface area contributed by atoms with Gasteiger partial charge in [-0.15, -0.1) is 0 Å². The van der Waals surface area contributed by atoms with Crippen LogP contribution >= 0.6 is 0 Å². The third-order valence-electron chi connectivity index (χ3n) is 5.07. The van der Waals surface area contributed by atoms with E-state index in [0.717, 1.165) is 0 Å². The molecule has 2 aromatic rings. The highest BCUT2D eigenvalue weighted by Gasteiger charge is 2.56. The second-order valence-corrected chi connectivity index (χ2v) is 6.81. The summed E-state index contributed by atoms with van der Waals surface area (Å²) in [6.07, 6.45) is 0.308. The van der Waals surface area contributed by atoms with Gasteiger partial charge in [0.1, 0.15) is 0 Å². The molecule has 8 heteroatoms. The van der Waals surface area contributed by atoms with Crippen molar-refractivity contribution in [1.82, 2.24) is 5.32 Å². The van der Waals surface area contributed by atoms with Crippen LogP contribution in [0.25, 0.3) is 0 Å². The molecule has 8 nitrogen and oxygen atoms in total. The maximum Gasteiger partial charge on any atom is 0.338 e. The van der Waals surface area contributed by atoms with Crippen LogP contribution in [0.1, 0.15) is 40.5 Å². The van der Waals surface area contributed by atoms with Crippen molar-refractivity contribution in [3.8, 4) is 0 Å². The van der Waals surface area contributed by atoms with Crippen molar-refractivity contribution in [1.29, 1.82) is 0 Å². The first-order chi connectivity index (χ1) is 14.0. The molecule has 4 rings (SSSR count). The number of fused-ring (bicyclic) bond motifs is 3. The number of rotatable bonds is 4. The standard InChI is InChI=1S/C21H19N3O5/c1-2-29-19(27)13-7-9-14(10-8-13)22-20(28)21-12-11-17(25)24(21)16-6-4-3-5-15(16)18(26)23-21/h3-10H,2,11-12H2,1H3,(H,22,28)(H,23,26). The third kappa shape index (κ3) is 3.02. The number of carbonyl (C=O) groups excluding carboxylic acids is 4. The van der Waals surface area contributed by atoms with Crippen LogP contribution in [0.5, 0.6) is 0 Å². The van der Waals surface area contributed by atoms with Crippen LogP contribution in [0.15, 0.2) is 48.5 Å². The minimum atomic E-state index is -1.48. The first-order valence-electron chi connectivity index (χ1n) is 9.29. The summed E-state index contributed by atoms with van der Waals surface area (Å²) in [7, 11) is 0. The highest BCUT2D eigenvalue weighted by Crippen LogP contribution is 2.39. The van der Waals surface area contributed by atoms with E-state index < -0.39 is 23.4 Å². The van der Waals surface area contributed by atoms with Gasteiger partial charge in [0.15, 0.2) is 0 Å². The Balaban J connectivity index is 1.62. The Labute approximate surface area is 166 Å². The fraction of sp³-hybridized carbons (Fsp3) is 0.238. The molecule has 1 saturated heterocycles. The first kappa shape index (κ1) is 18.7. The lowest BCUT2D eigenvalue weighted by Gasteiger charge is -2.41. The number of hydrogen-bond donors (Lipinski definition) is 2. The molecule has 2 N–H and O–H groups in total. The Bertz CT molecular complexity index is 1020. The first-order valence-corrected chi connectivity index (χ1v) is 9.29. The summed E-state index contributed by atoms with van der Waals surface area (Å²) in [4.78, 5) is 51.5. The van der Waals surface area contributed by atoms with Crippen molar-refractivity contribution in [3.63, 3.8) is 0 Å². The van der Waals surface area contributed by atoms with E-state index in [2.05, 4.69) is 10.6 Å². The molecule has 3 amide bonds. The smallest absolute Gasteiger partial charge is 0.338 e. The predicted octanol–water partition coefficient (Wildman–Crippen LogP) is 2.07. The number of nitrogens with one attached hydrogen (secondary N) is 2. The number of esters is 1. The summed E-state index contributed by atoms with van der Waals surface area (Å²) in [6.45, 7) is 1.99. The molecule has 1 fully saturated rings. The van der Waals surface area contributed by atoms with Gasteiger partial charge in [0, 0.05) is 18.5 Å². The van der Waals surface area contributed by atoms with Gasteiger partial charge in [0.2, 0.25) is 11.6 Å². The average molecular weight is 393 g/mol. The number of benzene rings is 2. The molecular formula is C21H19N3O5. The molecule has 1 atom stereocenters. The zero-order valence-electron chi connectivity index (χ0n) is 15.7. The van der Waals surface area contributed by atoms with Crippen molar-refractivity contribution < 1.29 is 23.9 Å². The number of hydrogen-bond acceptors (Lipinski definition) is 5. The monoisotopic (exact) mass is 393 g/mol. The maximum atomic E-state index is 13.2. The van der Waals surface area contributed by atoms with Gasteiger partial charge >= 0.3 is 5.97 Å². The van der Waals surface area contributed by atoms with Crippen LogP contribution in [-0.4, -0.2) is 36.0 Å². The van der Waals surface area contributed by atoms with Gasteiger partial charge in [-0.05, 0) is 43.3 Å². The zero-order valence-corrected chi connectivity index (χ0v) is 15.7. The Morgan fingerprint density at radius 2 is 1.86 bits per heavy atom. The Hall–Kier alpha value is -3.68. The van der Waals surface area contributed by atoms with Gasteiger partial charge in [-0.3, -0.25) is 19.3 Å². The van der Waals surface area contributed by atoms with Crippen LogP contribution in [0, 0.1) is 0 Å². The predicted molar refractivity (Wildman–Crippen MR) is 104 cm³/mol. The lowest BCUT2D eigenvalue weighted by molar-refractivity contribution is -0.124. The molecule has 2 heterocycles. The third-order valence-corrected chi connectivity index (χ3v) is 5.07. The molecule has 29 heavy (non-hydrogen) atoms. The summed E-state index contributed by atoms with van der Waals surface area (Å²) < 4.78 is 4.94. The second-order valence-electron chi connectivity index (χ2n) is 6.81. The SMILES string of the molecule is CCOC(=O)c1ccc(NC(=O)C23CCC(=O)N2c2ccccc2C(=O)N3)cc1. The lowest BCUT2D eigenvalue weighted by atomic mass is 9.98. The van der Waals surface area contributed by atoms with Crippen molar-refractivity contribution in [3.05, 3.63) is 59.7 Å². The van der Waals surface area contributed by atoms with E-state index in [1.165, 1.54) is 17.0 Å². The van der Waals surface area contributed by atoms with E-state index in [-0.39, 0.29) is 25.4 Å². The van der Waals surface area contributed by atoms with Gasteiger partial charge < -0.3 is 15.4 Å². The summed E-state index contributed by atoms with van der Waals surface area (Å²) in [5.74, 6) is -1.60. The van der Waals surface area contributed by atoms with E-state index >= 15 is 0 Å². The molecule has 0 bridgehead atoms. The highest BCUT2D eigenvalue weighted by molar-refractivity contribution is 6.18. The van der Waals surface area contributed by atoms with Gasteiger partial charge in [0.05, 0.1) is 23.4 Å². The normalized spacial score (nSPS) is 19.8. The molecular weight excluding hydrogens is 374 g/mol. The van der Waals surface area contributed by atoms with E-state index in [4.69, 9.17) is 4.74 Å². The van der Waals surface area contributed by atoms with E-state index in [9.17, 15) is 19.2 Å². The molecule has 0 aliphatic carbocycles. The largest absolute Gasteiger partial charge is 0.462 e. The van der Waals surface area contributed by atoms with Gasteiger partial charge in [0.25, 0.3) is 11.8 Å². The van der Waals surface area contributed by atoms with Gasteiger partial charge in [-0.1, -0.05) is 12.1 Å². The highest BCUT2D eigenvalue weighted by atomic mass is 16.5. The number of nitrogens with zero attached hydrogens (tertiary/aromatic N) is 1. The van der Waals surface area contributed by atoms with Gasteiger partial charge in [-0.25, -0.2) is 4.79 Å². The molecule has 2 aliphatic rings. The van der Waals surface area contributed by atoms with Crippen molar-refractivity contribution in [2.75, 3.05) is 16.8 Å². The molecule has 0 aromatic heterocycles. The molecule has 2 aromatic carbocycles. The number of ether oxygens (including phenoxy) is 1. The topological polar surface area (TPSA) is 105 Å². The van der Waals surface area contributed by atoms with Crippen LogP contribution in [0.2, 0.25) is 0 Å².